The second-order valence-electron chi connectivity index (χ2n) is 1.87. The highest BCUT2D eigenvalue weighted by atomic mass is 32.1. The molecule has 1 heterocycles. The van der Waals surface area contributed by atoms with Gasteiger partial charge in [0.15, 0.2) is 0 Å². The zero-order chi connectivity index (χ0) is 8.43. The Hall–Kier alpha value is -1.54. The molecule has 0 atom stereocenters. The molecular weight excluding hydrogens is 162 g/mol. The summed E-state index contributed by atoms with van der Waals surface area (Å²) in [5.41, 5.74) is 10.9. The van der Waals surface area contributed by atoms with E-state index in [9.17, 15) is 4.79 Å². The van der Waals surface area contributed by atoms with Crippen LogP contribution in [0.5, 0.6) is 0 Å². The molecule has 0 radical (unpaired) electrons. The minimum Gasteiger partial charge on any atom is -0.396 e. The van der Waals surface area contributed by atoms with Crippen molar-refractivity contribution >= 4 is 22.9 Å². The number of carbonyl (C=O) groups is 1. The van der Waals surface area contributed by atoms with Crippen LogP contribution in [0.3, 0.4) is 0 Å². The molecule has 1 amide bonds. The van der Waals surface area contributed by atoms with E-state index in [0.717, 1.165) is 11.3 Å². The molecule has 0 aliphatic carbocycles. The third kappa shape index (κ3) is 1.16. The summed E-state index contributed by atoms with van der Waals surface area (Å²) in [5, 5.41) is 9.95. The lowest BCUT2D eigenvalue weighted by Gasteiger charge is -1.90. The third-order valence-corrected chi connectivity index (χ3v) is 2.18. The van der Waals surface area contributed by atoms with Gasteiger partial charge in [0.1, 0.15) is 10.9 Å². The standard InChI is InChI=1S/C6H5N3OS/c7-1-3-2-11-5(4(3)8)6(9)10/h2H,8H2,(H2,9,10). The van der Waals surface area contributed by atoms with E-state index in [1.54, 1.807) is 0 Å². The Bertz CT molecular complexity index is 336. The number of rotatable bonds is 1. The molecule has 0 saturated heterocycles. The molecule has 4 N–H and O–H groups in total. The van der Waals surface area contributed by atoms with Crippen LogP contribution in [-0.2, 0) is 0 Å². The number of hydrogen-bond acceptors (Lipinski definition) is 4. The minimum atomic E-state index is -0.589. The van der Waals surface area contributed by atoms with Crippen molar-refractivity contribution in [3.8, 4) is 6.07 Å². The molecule has 0 unspecified atom stereocenters. The molecule has 0 fully saturated rings. The van der Waals surface area contributed by atoms with Crippen LogP contribution in [-0.4, -0.2) is 5.91 Å². The summed E-state index contributed by atoms with van der Waals surface area (Å²) in [6.45, 7) is 0. The molecule has 0 aliphatic rings. The number of anilines is 1. The normalized spacial score (nSPS) is 9.00. The average molecular weight is 167 g/mol. The Morgan fingerprint density at radius 3 is 2.64 bits per heavy atom. The number of nitrogen functional groups attached to an aromatic ring is 1. The monoisotopic (exact) mass is 167 g/mol. The largest absolute Gasteiger partial charge is 0.396 e. The summed E-state index contributed by atoms with van der Waals surface area (Å²) >= 11 is 1.09. The molecule has 5 heteroatoms. The lowest BCUT2D eigenvalue weighted by Crippen LogP contribution is -2.10. The zero-order valence-corrected chi connectivity index (χ0v) is 6.31. The summed E-state index contributed by atoms with van der Waals surface area (Å²) < 4.78 is 0. The Morgan fingerprint density at radius 1 is 1.73 bits per heavy atom. The lowest BCUT2D eigenvalue weighted by molar-refractivity contribution is 0.100. The summed E-state index contributed by atoms with van der Waals surface area (Å²) in [7, 11) is 0. The molecule has 0 saturated carbocycles. The molecule has 0 bridgehead atoms. The Labute approximate surface area is 67.0 Å². The van der Waals surface area contributed by atoms with Gasteiger partial charge in [-0.25, -0.2) is 0 Å². The topological polar surface area (TPSA) is 92.9 Å². The van der Waals surface area contributed by atoms with Gasteiger partial charge < -0.3 is 11.5 Å². The number of primary amides is 1. The molecule has 1 aromatic heterocycles. The summed E-state index contributed by atoms with van der Waals surface area (Å²) in [6.07, 6.45) is 0. The fourth-order valence-corrected chi connectivity index (χ4v) is 1.41. The Kier molecular flexibility index (Phi) is 1.79. The molecule has 0 aromatic carbocycles. The third-order valence-electron chi connectivity index (χ3n) is 1.17. The number of nitrogens with zero attached hydrogens (tertiary/aromatic N) is 1. The molecular formula is C6H5N3OS. The molecule has 4 nitrogen and oxygen atoms in total. The second kappa shape index (κ2) is 2.60. The Morgan fingerprint density at radius 2 is 2.36 bits per heavy atom. The van der Waals surface area contributed by atoms with Gasteiger partial charge in [-0.2, -0.15) is 5.26 Å². The smallest absolute Gasteiger partial charge is 0.260 e. The van der Waals surface area contributed by atoms with E-state index >= 15 is 0 Å². The van der Waals surface area contributed by atoms with Gasteiger partial charge >= 0.3 is 0 Å². The van der Waals surface area contributed by atoms with Crippen molar-refractivity contribution in [2.24, 2.45) is 5.73 Å². The van der Waals surface area contributed by atoms with Crippen molar-refractivity contribution in [3.63, 3.8) is 0 Å². The SMILES string of the molecule is N#Cc1csc(C(N)=O)c1N. The van der Waals surface area contributed by atoms with Gasteiger partial charge in [-0.15, -0.1) is 11.3 Å². The van der Waals surface area contributed by atoms with Gasteiger partial charge in [0.25, 0.3) is 5.91 Å². The van der Waals surface area contributed by atoms with E-state index in [-0.39, 0.29) is 10.6 Å². The van der Waals surface area contributed by atoms with Crippen LogP contribution in [0.1, 0.15) is 15.2 Å². The Balaban J connectivity index is 3.24. The van der Waals surface area contributed by atoms with Crippen molar-refractivity contribution < 1.29 is 4.79 Å². The quantitative estimate of drug-likeness (QED) is 0.630. The number of amides is 1. The first kappa shape index (κ1) is 7.57. The maximum Gasteiger partial charge on any atom is 0.260 e. The highest BCUT2D eigenvalue weighted by Gasteiger charge is 2.11. The van der Waals surface area contributed by atoms with E-state index in [1.807, 2.05) is 6.07 Å². The second-order valence-corrected chi connectivity index (χ2v) is 2.75. The predicted molar refractivity (Wildman–Crippen MR) is 42.0 cm³/mol. The zero-order valence-electron chi connectivity index (χ0n) is 5.50. The maximum atomic E-state index is 10.6. The average Bonchev–Trinajstić information content (AvgIpc) is 2.30. The van der Waals surface area contributed by atoms with Gasteiger partial charge in [0.05, 0.1) is 11.3 Å². The lowest BCUT2D eigenvalue weighted by atomic mass is 10.3. The van der Waals surface area contributed by atoms with Crippen LogP contribution in [0.25, 0.3) is 0 Å². The van der Waals surface area contributed by atoms with Crippen molar-refractivity contribution in [3.05, 3.63) is 15.8 Å². The van der Waals surface area contributed by atoms with Crippen LogP contribution in [0.2, 0.25) is 0 Å². The van der Waals surface area contributed by atoms with Gasteiger partial charge in [-0.3, -0.25) is 4.79 Å². The van der Waals surface area contributed by atoms with Gasteiger partial charge in [0.2, 0.25) is 0 Å². The molecule has 0 aliphatic heterocycles. The van der Waals surface area contributed by atoms with Gasteiger partial charge in [-0.1, -0.05) is 0 Å². The number of hydrogen-bond donors (Lipinski definition) is 2. The van der Waals surface area contributed by atoms with E-state index in [4.69, 9.17) is 16.7 Å². The fraction of sp³-hybridized carbons (Fsp3) is 0. The number of nitrogens with two attached hydrogens (primary N) is 2. The van der Waals surface area contributed by atoms with Crippen molar-refractivity contribution in [2.45, 2.75) is 0 Å². The molecule has 1 aromatic rings. The molecule has 1 rings (SSSR count). The summed E-state index contributed by atoms with van der Waals surface area (Å²) in [4.78, 5) is 10.8. The van der Waals surface area contributed by atoms with E-state index < -0.39 is 5.91 Å². The van der Waals surface area contributed by atoms with E-state index in [0.29, 0.717) is 5.56 Å². The van der Waals surface area contributed by atoms with E-state index in [1.165, 1.54) is 5.38 Å². The summed E-state index contributed by atoms with van der Waals surface area (Å²) in [5.74, 6) is -0.589. The molecule has 56 valence electrons. The van der Waals surface area contributed by atoms with Crippen molar-refractivity contribution in [1.82, 2.24) is 0 Å². The highest BCUT2D eigenvalue weighted by molar-refractivity contribution is 7.12. The summed E-state index contributed by atoms with van der Waals surface area (Å²) in [6, 6.07) is 1.85. The molecule has 0 spiro atoms. The van der Waals surface area contributed by atoms with Crippen molar-refractivity contribution in [2.75, 3.05) is 5.73 Å². The maximum absolute atomic E-state index is 10.6. The highest BCUT2D eigenvalue weighted by Crippen LogP contribution is 2.23. The van der Waals surface area contributed by atoms with Gasteiger partial charge in [0, 0.05) is 5.38 Å². The van der Waals surface area contributed by atoms with Crippen LogP contribution in [0.15, 0.2) is 5.38 Å². The van der Waals surface area contributed by atoms with E-state index in [2.05, 4.69) is 0 Å². The van der Waals surface area contributed by atoms with Crippen molar-refractivity contribution in [1.29, 1.82) is 5.26 Å². The van der Waals surface area contributed by atoms with Crippen LogP contribution in [0.4, 0.5) is 5.69 Å². The minimum absolute atomic E-state index is 0.185. The number of nitriles is 1. The predicted octanol–water partition coefficient (Wildman–Crippen LogP) is 0.301. The first-order valence-corrected chi connectivity index (χ1v) is 3.61. The van der Waals surface area contributed by atoms with Crippen LogP contribution >= 0.6 is 11.3 Å². The molecule has 11 heavy (non-hydrogen) atoms. The number of carbonyl (C=O) groups excluding carboxylic acids is 1. The first-order valence-electron chi connectivity index (χ1n) is 2.73. The first-order chi connectivity index (χ1) is 5.16. The van der Waals surface area contributed by atoms with Crippen LogP contribution < -0.4 is 11.5 Å². The van der Waals surface area contributed by atoms with Gasteiger partial charge in [-0.05, 0) is 0 Å². The van der Waals surface area contributed by atoms with Crippen LogP contribution in [0, 0.1) is 11.3 Å². The number of thiophene rings is 1. The fourth-order valence-electron chi connectivity index (χ4n) is 0.645.